The van der Waals surface area contributed by atoms with Gasteiger partial charge < -0.3 is 20.4 Å². The van der Waals surface area contributed by atoms with Crippen molar-refractivity contribution in [2.24, 2.45) is 0 Å². The minimum Gasteiger partial charge on any atom is -0.336 e. The molecule has 0 spiro atoms. The highest BCUT2D eigenvalue weighted by Crippen LogP contribution is 2.20. The molecular weight excluding hydrogens is 392 g/mol. The number of benzene rings is 2. The number of hydrogen-bond acceptors (Lipinski definition) is 4. The van der Waals surface area contributed by atoms with Crippen molar-refractivity contribution in [1.29, 1.82) is 0 Å². The molecule has 0 bridgehead atoms. The molecular formula is C24H28N4O3. The maximum absolute atomic E-state index is 13.1. The summed E-state index contributed by atoms with van der Waals surface area (Å²) in [5.74, 6) is -0.957. The summed E-state index contributed by atoms with van der Waals surface area (Å²) in [6, 6.07) is 14.5. The zero-order chi connectivity index (χ0) is 22.4. The fraction of sp³-hybridized carbons (Fsp3) is 0.292. The van der Waals surface area contributed by atoms with Gasteiger partial charge in [-0.05, 0) is 43.3 Å². The van der Waals surface area contributed by atoms with E-state index in [-0.39, 0.29) is 17.5 Å². The number of rotatable bonds is 5. The van der Waals surface area contributed by atoms with Crippen LogP contribution in [-0.4, -0.2) is 60.7 Å². The minimum absolute atomic E-state index is 0.114. The summed E-state index contributed by atoms with van der Waals surface area (Å²) >= 11 is 0. The second-order valence-corrected chi connectivity index (χ2v) is 7.69. The van der Waals surface area contributed by atoms with Gasteiger partial charge in [0.25, 0.3) is 11.8 Å². The van der Waals surface area contributed by atoms with Gasteiger partial charge >= 0.3 is 0 Å². The van der Waals surface area contributed by atoms with E-state index in [2.05, 4.69) is 15.5 Å². The number of anilines is 1. The summed E-state index contributed by atoms with van der Waals surface area (Å²) in [4.78, 5) is 41.8. The summed E-state index contributed by atoms with van der Waals surface area (Å²) in [6.07, 6.45) is 1.64. The third-order valence-corrected chi connectivity index (χ3v) is 5.24. The van der Waals surface area contributed by atoms with Gasteiger partial charge in [0.15, 0.2) is 0 Å². The molecule has 0 unspecified atom stereocenters. The van der Waals surface area contributed by atoms with Crippen LogP contribution in [0.1, 0.15) is 28.4 Å². The molecule has 1 saturated heterocycles. The number of aryl methyl sites for hydroxylation is 1. The molecule has 7 nitrogen and oxygen atoms in total. The third kappa shape index (κ3) is 5.79. The SMILES string of the molecule is CC(=O)NC(=Cc1ccccc1C)C(=O)Nc1ccccc1C(=O)N1CCN(C)CC1. The Morgan fingerprint density at radius 2 is 1.58 bits per heavy atom. The normalized spacial score (nSPS) is 14.8. The Morgan fingerprint density at radius 3 is 2.26 bits per heavy atom. The molecule has 3 amide bonds. The molecule has 2 aromatic carbocycles. The van der Waals surface area contributed by atoms with Crippen molar-refractivity contribution < 1.29 is 14.4 Å². The number of carbonyl (C=O) groups excluding carboxylic acids is 3. The molecule has 0 aromatic heterocycles. The number of likely N-dealkylation sites (N-methyl/N-ethyl adjacent to an activating group) is 1. The van der Waals surface area contributed by atoms with Gasteiger partial charge in [-0.1, -0.05) is 36.4 Å². The lowest BCUT2D eigenvalue weighted by Crippen LogP contribution is -2.47. The summed E-state index contributed by atoms with van der Waals surface area (Å²) < 4.78 is 0. The standard InChI is InChI=1S/C24H28N4O3/c1-17-8-4-5-9-19(17)16-22(25-18(2)29)23(30)26-21-11-7-6-10-20(21)24(31)28-14-12-27(3)13-15-28/h4-11,16H,12-15H2,1-3H3,(H,25,29)(H,26,30). The Hall–Kier alpha value is -3.45. The fourth-order valence-electron chi connectivity index (χ4n) is 3.40. The molecule has 7 heteroatoms. The number of carbonyl (C=O) groups is 3. The Kier molecular flexibility index (Phi) is 7.20. The molecule has 1 heterocycles. The Balaban J connectivity index is 1.85. The van der Waals surface area contributed by atoms with Crippen LogP contribution >= 0.6 is 0 Å². The number of hydrogen-bond donors (Lipinski definition) is 2. The van der Waals surface area contributed by atoms with Gasteiger partial charge in [0.2, 0.25) is 5.91 Å². The maximum Gasteiger partial charge on any atom is 0.272 e. The molecule has 0 atom stereocenters. The zero-order valence-corrected chi connectivity index (χ0v) is 18.1. The zero-order valence-electron chi connectivity index (χ0n) is 18.1. The molecule has 3 rings (SSSR count). The van der Waals surface area contributed by atoms with Crippen molar-refractivity contribution in [3.8, 4) is 0 Å². The largest absolute Gasteiger partial charge is 0.336 e. The van der Waals surface area contributed by atoms with Crippen LogP contribution in [0.3, 0.4) is 0 Å². The smallest absolute Gasteiger partial charge is 0.272 e. The average molecular weight is 421 g/mol. The monoisotopic (exact) mass is 420 g/mol. The lowest BCUT2D eigenvalue weighted by Gasteiger charge is -2.32. The lowest BCUT2D eigenvalue weighted by atomic mass is 10.1. The quantitative estimate of drug-likeness (QED) is 0.729. The Morgan fingerprint density at radius 1 is 0.935 bits per heavy atom. The van der Waals surface area contributed by atoms with Crippen LogP contribution in [0.2, 0.25) is 0 Å². The number of piperazine rings is 1. The van der Waals surface area contributed by atoms with Crippen LogP contribution in [0.5, 0.6) is 0 Å². The van der Waals surface area contributed by atoms with Gasteiger partial charge in [-0.15, -0.1) is 0 Å². The summed E-state index contributed by atoms with van der Waals surface area (Å²) in [5.41, 5.74) is 2.76. The summed E-state index contributed by atoms with van der Waals surface area (Å²) in [5, 5.41) is 5.41. The Labute approximate surface area is 182 Å². The first-order valence-electron chi connectivity index (χ1n) is 10.3. The highest BCUT2D eigenvalue weighted by molar-refractivity contribution is 6.11. The molecule has 31 heavy (non-hydrogen) atoms. The van der Waals surface area contributed by atoms with Gasteiger partial charge in [-0.25, -0.2) is 0 Å². The first-order chi connectivity index (χ1) is 14.8. The first kappa shape index (κ1) is 22.2. The van der Waals surface area contributed by atoms with Crippen LogP contribution < -0.4 is 10.6 Å². The predicted molar refractivity (Wildman–Crippen MR) is 121 cm³/mol. The van der Waals surface area contributed by atoms with Crippen LogP contribution in [0.25, 0.3) is 6.08 Å². The highest BCUT2D eigenvalue weighted by atomic mass is 16.2. The van der Waals surface area contributed by atoms with E-state index in [1.165, 1.54) is 6.92 Å². The Bertz CT molecular complexity index is 1010. The van der Waals surface area contributed by atoms with E-state index < -0.39 is 5.91 Å². The van der Waals surface area contributed by atoms with Crippen molar-refractivity contribution in [3.05, 3.63) is 70.9 Å². The number of nitrogens with zero attached hydrogens (tertiary/aromatic N) is 2. The van der Waals surface area contributed by atoms with Crippen molar-refractivity contribution in [1.82, 2.24) is 15.1 Å². The molecule has 2 N–H and O–H groups in total. The molecule has 1 fully saturated rings. The topological polar surface area (TPSA) is 81.8 Å². The van der Waals surface area contributed by atoms with Gasteiger partial charge in [-0.3, -0.25) is 14.4 Å². The van der Waals surface area contributed by atoms with Crippen LogP contribution in [-0.2, 0) is 9.59 Å². The van der Waals surface area contributed by atoms with E-state index in [0.717, 1.165) is 24.2 Å². The van der Waals surface area contributed by atoms with Gasteiger partial charge in [0.05, 0.1) is 11.3 Å². The number of para-hydroxylation sites is 1. The van der Waals surface area contributed by atoms with E-state index in [9.17, 15) is 14.4 Å². The van der Waals surface area contributed by atoms with E-state index in [0.29, 0.717) is 24.3 Å². The van der Waals surface area contributed by atoms with E-state index >= 15 is 0 Å². The maximum atomic E-state index is 13.1. The first-order valence-corrected chi connectivity index (χ1v) is 10.3. The fourth-order valence-corrected chi connectivity index (χ4v) is 3.40. The summed E-state index contributed by atoms with van der Waals surface area (Å²) in [6.45, 7) is 6.19. The van der Waals surface area contributed by atoms with Gasteiger partial charge in [-0.2, -0.15) is 0 Å². The molecule has 1 aliphatic heterocycles. The molecule has 0 aliphatic carbocycles. The molecule has 162 valence electrons. The highest BCUT2D eigenvalue weighted by Gasteiger charge is 2.23. The average Bonchev–Trinajstić information content (AvgIpc) is 2.75. The number of nitrogens with one attached hydrogen (secondary N) is 2. The van der Waals surface area contributed by atoms with Gasteiger partial charge in [0.1, 0.15) is 5.70 Å². The lowest BCUT2D eigenvalue weighted by molar-refractivity contribution is -0.120. The van der Waals surface area contributed by atoms with Crippen molar-refractivity contribution in [3.63, 3.8) is 0 Å². The summed E-state index contributed by atoms with van der Waals surface area (Å²) in [7, 11) is 2.03. The second-order valence-electron chi connectivity index (χ2n) is 7.69. The van der Waals surface area contributed by atoms with Crippen molar-refractivity contribution in [2.75, 3.05) is 38.5 Å². The van der Waals surface area contributed by atoms with Crippen LogP contribution in [0, 0.1) is 6.92 Å². The minimum atomic E-state index is -0.489. The van der Waals surface area contributed by atoms with Crippen LogP contribution in [0.15, 0.2) is 54.2 Å². The van der Waals surface area contributed by atoms with E-state index in [4.69, 9.17) is 0 Å². The van der Waals surface area contributed by atoms with Gasteiger partial charge in [0, 0.05) is 33.1 Å². The number of amides is 3. The molecule has 0 radical (unpaired) electrons. The van der Waals surface area contributed by atoms with E-state index in [1.807, 2.05) is 38.2 Å². The van der Waals surface area contributed by atoms with E-state index in [1.54, 1.807) is 35.2 Å². The molecule has 1 aliphatic rings. The third-order valence-electron chi connectivity index (χ3n) is 5.24. The molecule has 2 aromatic rings. The molecule has 0 saturated carbocycles. The van der Waals surface area contributed by atoms with Crippen LogP contribution in [0.4, 0.5) is 5.69 Å². The van der Waals surface area contributed by atoms with Crippen molar-refractivity contribution in [2.45, 2.75) is 13.8 Å². The van der Waals surface area contributed by atoms with Crippen molar-refractivity contribution >= 4 is 29.5 Å². The second kappa shape index (κ2) is 10.0. The predicted octanol–water partition coefficient (Wildman–Crippen LogP) is 2.50.